The van der Waals surface area contributed by atoms with Crippen molar-refractivity contribution in [2.75, 3.05) is 32.7 Å². The molecule has 0 aliphatic carbocycles. The molecule has 4 rings (SSSR count). The van der Waals surface area contributed by atoms with Crippen molar-refractivity contribution in [1.82, 2.24) is 15.1 Å². The van der Waals surface area contributed by atoms with Crippen molar-refractivity contribution in [2.24, 2.45) is 17.8 Å². The molecule has 27 heavy (non-hydrogen) atoms. The molecule has 6 heteroatoms. The molecule has 5 nitrogen and oxygen atoms in total. The predicted octanol–water partition coefficient (Wildman–Crippen LogP) is 2.76. The van der Waals surface area contributed by atoms with Gasteiger partial charge in [-0.25, -0.2) is 0 Å². The van der Waals surface area contributed by atoms with Crippen LogP contribution in [-0.4, -0.2) is 59.9 Å². The molecule has 3 fully saturated rings. The maximum atomic E-state index is 12.8. The molecule has 148 valence electrons. The molecule has 3 aliphatic rings. The van der Waals surface area contributed by atoms with E-state index in [-0.39, 0.29) is 23.3 Å². The molecule has 1 N–H and O–H groups in total. The summed E-state index contributed by atoms with van der Waals surface area (Å²) in [7, 11) is 0. The molecule has 3 aliphatic heterocycles. The number of amides is 2. The second-order valence-corrected chi connectivity index (χ2v) is 10.1. The summed E-state index contributed by atoms with van der Waals surface area (Å²) < 4.78 is 0. The Bertz CT molecular complexity index is 723. The van der Waals surface area contributed by atoms with E-state index in [4.69, 9.17) is 0 Å². The summed E-state index contributed by atoms with van der Waals surface area (Å²) in [4.78, 5) is 31.9. The summed E-state index contributed by atoms with van der Waals surface area (Å²) >= 11 is 1.57. The van der Waals surface area contributed by atoms with Gasteiger partial charge in [0, 0.05) is 49.1 Å². The number of nitrogens with one attached hydrogen (secondary N) is 1. The minimum absolute atomic E-state index is 0.103. The first-order chi connectivity index (χ1) is 12.9. The van der Waals surface area contributed by atoms with Crippen LogP contribution in [-0.2, 0) is 4.79 Å². The monoisotopic (exact) mass is 389 g/mol. The topological polar surface area (TPSA) is 52.7 Å². The molecule has 0 aromatic carbocycles. The Labute approximate surface area is 166 Å². The van der Waals surface area contributed by atoms with Crippen molar-refractivity contribution >= 4 is 23.2 Å². The van der Waals surface area contributed by atoms with E-state index in [1.54, 1.807) is 11.3 Å². The first kappa shape index (κ1) is 18.9. The van der Waals surface area contributed by atoms with E-state index in [1.807, 2.05) is 24.0 Å². The average Bonchev–Trinajstić information content (AvgIpc) is 3.33. The van der Waals surface area contributed by atoms with Crippen molar-refractivity contribution in [3.05, 3.63) is 21.9 Å². The van der Waals surface area contributed by atoms with Gasteiger partial charge >= 0.3 is 0 Å². The third kappa shape index (κ3) is 3.42. The van der Waals surface area contributed by atoms with Crippen molar-refractivity contribution < 1.29 is 9.59 Å². The van der Waals surface area contributed by atoms with Gasteiger partial charge in [0.15, 0.2) is 0 Å². The molecule has 1 aromatic heterocycles. The van der Waals surface area contributed by atoms with Crippen LogP contribution in [0.15, 0.2) is 12.1 Å². The van der Waals surface area contributed by atoms with Crippen molar-refractivity contribution in [1.29, 1.82) is 0 Å². The van der Waals surface area contributed by atoms with Crippen LogP contribution < -0.4 is 5.32 Å². The first-order valence-corrected chi connectivity index (χ1v) is 11.1. The van der Waals surface area contributed by atoms with Crippen molar-refractivity contribution in [3.63, 3.8) is 0 Å². The van der Waals surface area contributed by atoms with Crippen LogP contribution in [0.2, 0.25) is 0 Å². The predicted molar refractivity (Wildman–Crippen MR) is 108 cm³/mol. The Morgan fingerprint density at radius 2 is 2.07 bits per heavy atom. The Hall–Kier alpha value is -1.40. The Balaban J connectivity index is 1.41. The largest absolute Gasteiger partial charge is 0.350 e. The third-order valence-corrected chi connectivity index (χ3v) is 7.96. The molecule has 0 radical (unpaired) electrons. The standard InChI is InChI=1S/C21H31N3O2S/c1-4-14(2)11-23-12-16-17(13-23)21(22-19(16)25)7-9-24(10-8-21)20(26)18-6-5-15(3)27-18/h5-6,14,16-17H,4,7-13H2,1-3H3,(H,22,25)/t14-,16+,17-/m0/s1. The fourth-order valence-electron chi connectivity index (χ4n) is 5.17. The smallest absolute Gasteiger partial charge is 0.263 e. The molecule has 1 spiro atoms. The van der Waals surface area contributed by atoms with E-state index in [1.165, 1.54) is 11.3 Å². The number of aryl methyl sites for hydroxylation is 1. The van der Waals surface area contributed by atoms with Crippen molar-refractivity contribution in [2.45, 2.75) is 45.6 Å². The zero-order chi connectivity index (χ0) is 19.2. The summed E-state index contributed by atoms with van der Waals surface area (Å²) in [5, 5.41) is 3.36. The maximum absolute atomic E-state index is 12.8. The lowest BCUT2D eigenvalue weighted by molar-refractivity contribution is -0.123. The zero-order valence-electron chi connectivity index (χ0n) is 16.7. The van der Waals surface area contributed by atoms with E-state index in [0.717, 1.165) is 50.4 Å². The summed E-state index contributed by atoms with van der Waals surface area (Å²) in [5.74, 6) is 1.59. The van der Waals surface area contributed by atoms with Gasteiger partial charge in [-0.05, 0) is 37.8 Å². The lowest BCUT2D eigenvalue weighted by Crippen LogP contribution is -2.56. The van der Waals surface area contributed by atoms with Crippen LogP contribution in [0.3, 0.4) is 0 Å². The van der Waals surface area contributed by atoms with Crippen LogP contribution in [0.25, 0.3) is 0 Å². The summed E-state index contributed by atoms with van der Waals surface area (Å²) in [5.41, 5.74) is -0.103. The van der Waals surface area contributed by atoms with Gasteiger partial charge in [0.1, 0.15) is 0 Å². The minimum atomic E-state index is -0.103. The fourth-order valence-corrected chi connectivity index (χ4v) is 6.01. The average molecular weight is 390 g/mol. The van der Waals surface area contributed by atoms with Crippen LogP contribution in [0.4, 0.5) is 0 Å². The summed E-state index contributed by atoms with van der Waals surface area (Å²) in [6, 6.07) is 3.94. The highest BCUT2D eigenvalue weighted by molar-refractivity contribution is 7.13. The van der Waals surface area contributed by atoms with Gasteiger partial charge < -0.3 is 15.1 Å². The van der Waals surface area contributed by atoms with Gasteiger partial charge in [-0.1, -0.05) is 20.3 Å². The summed E-state index contributed by atoms with van der Waals surface area (Å²) in [6.07, 6.45) is 2.95. The normalized spacial score (nSPS) is 28.4. The lowest BCUT2D eigenvalue weighted by Gasteiger charge is -2.42. The molecule has 0 unspecified atom stereocenters. The van der Waals surface area contributed by atoms with E-state index in [9.17, 15) is 9.59 Å². The SMILES string of the molecule is CC[C@H](C)CN1C[C@H]2C(=O)NC3(CCN(C(=O)c4ccc(C)s4)CC3)[C@H]2C1. The first-order valence-electron chi connectivity index (χ1n) is 10.3. The molecule has 4 heterocycles. The van der Waals surface area contributed by atoms with Gasteiger partial charge in [0.25, 0.3) is 5.91 Å². The Morgan fingerprint density at radius 1 is 1.33 bits per heavy atom. The second-order valence-electron chi connectivity index (χ2n) is 8.79. The van der Waals surface area contributed by atoms with E-state index < -0.39 is 0 Å². The number of piperidine rings is 1. The molecular weight excluding hydrogens is 358 g/mol. The highest BCUT2D eigenvalue weighted by Gasteiger charge is 2.57. The number of hydrogen-bond acceptors (Lipinski definition) is 4. The number of likely N-dealkylation sites (tertiary alicyclic amines) is 2. The molecule has 0 saturated carbocycles. The van der Waals surface area contributed by atoms with Crippen LogP contribution in [0.1, 0.15) is 47.7 Å². The highest BCUT2D eigenvalue weighted by atomic mass is 32.1. The number of hydrogen-bond donors (Lipinski definition) is 1. The zero-order valence-corrected chi connectivity index (χ0v) is 17.5. The Kier molecular flexibility index (Phi) is 5.06. The van der Waals surface area contributed by atoms with Crippen LogP contribution in [0, 0.1) is 24.7 Å². The van der Waals surface area contributed by atoms with Gasteiger partial charge in [-0.3, -0.25) is 9.59 Å². The second kappa shape index (κ2) is 7.21. The minimum Gasteiger partial charge on any atom is -0.350 e. The number of fused-ring (bicyclic) bond motifs is 2. The highest BCUT2D eigenvalue weighted by Crippen LogP contribution is 2.44. The molecular formula is C21H31N3O2S. The maximum Gasteiger partial charge on any atom is 0.263 e. The molecule has 0 bridgehead atoms. The van der Waals surface area contributed by atoms with E-state index >= 15 is 0 Å². The fraction of sp³-hybridized carbons (Fsp3) is 0.714. The van der Waals surface area contributed by atoms with Crippen LogP contribution in [0.5, 0.6) is 0 Å². The molecule has 2 amide bonds. The number of carbonyl (C=O) groups excluding carboxylic acids is 2. The lowest BCUT2D eigenvalue weighted by atomic mass is 9.75. The number of thiophene rings is 1. The molecule has 3 atom stereocenters. The van der Waals surface area contributed by atoms with Crippen LogP contribution >= 0.6 is 11.3 Å². The molecule has 3 saturated heterocycles. The van der Waals surface area contributed by atoms with Gasteiger partial charge in [0.05, 0.1) is 10.8 Å². The van der Waals surface area contributed by atoms with Crippen molar-refractivity contribution in [3.8, 4) is 0 Å². The quantitative estimate of drug-likeness (QED) is 0.862. The van der Waals surface area contributed by atoms with Gasteiger partial charge in [0.2, 0.25) is 5.91 Å². The van der Waals surface area contributed by atoms with E-state index in [0.29, 0.717) is 11.8 Å². The van der Waals surface area contributed by atoms with Gasteiger partial charge in [-0.2, -0.15) is 0 Å². The third-order valence-electron chi connectivity index (χ3n) is 6.98. The number of rotatable bonds is 4. The Morgan fingerprint density at radius 3 is 2.70 bits per heavy atom. The number of nitrogens with zero attached hydrogens (tertiary/aromatic N) is 2. The van der Waals surface area contributed by atoms with Gasteiger partial charge in [-0.15, -0.1) is 11.3 Å². The summed E-state index contributed by atoms with van der Waals surface area (Å²) in [6.45, 7) is 11.1. The molecule has 1 aromatic rings. The number of carbonyl (C=O) groups is 2. The van der Waals surface area contributed by atoms with E-state index in [2.05, 4.69) is 24.1 Å².